The van der Waals surface area contributed by atoms with Crippen molar-refractivity contribution in [3.8, 4) is 0 Å². The summed E-state index contributed by atoms with van der Waals surface area (Å²) in [5.41, 5.74) is 3.59. The van der Waals surface area contributed by atoms with E-state index in [4.69, 9.17) is 23.2 Å². The van der Waals surface area contributed by atoms with Crippen LogP contribution in [0.25, 0.3) is 10.8 Å². The number of hydrogen-bond acceptors (Lipinski definition) is 1. The summed E-state index contributed by atoms with van der Waals surface area (Å²) in [7, 11) is 0. The minimum absolute atomic E-state index is 0.244. The van der Waals surface area contributed by atoms with Crippen LogP contribution in [0.5, 0.6) is 0 Å². The van der Waals surface area contributed by atoms with Gasteiger partial charge in [-0.3, -0.25) is 0 Å². The van der Waals surface area contributed by atoms with Crippen LogP contribution in [0.3, 0.4) is 0 Å². The minimum atomic E-state index is 0.244. The fourth-order valence-electron chi connectivity index (χ4n) is 4.47. The number of rotatable bonds is 1. The first kappa shape index (κ1) is 15.3. The molecule has 3 atom stereocenters. The molecule has 0 radical (unpaired) electrons. The van der Waals surface area contributed by atoms with Crippen LogP contribution in [0.1, 0.15) is 29.5 Å². The molecule has 2 aliphatic rings. The molecule has 0 saturated heterocycles. The van der Waals surface area contributed by atoms with Gasteiger partial charge in [0.05, 0.1) is 6.04 Å². The van der Waals surface area contributed by atoms with Crippen LogP contribution in [-0.4, -0.2) is 0 Å². The molecule has 0 saturated carbocycles. The van der Waals surface area contributed by atoms with E-state index in [1.54, 1.807) is 0 Å². The van der Waals surface area contributed by atoms with E-state index in [2.05, 4.69) is 59.9 Å². The second-order valence-corrected chi connectivity index (χ2v) is 7.74. The SMILES string of the molecule is Clc1cc(Cl)c2c(c1)N[C@H](c1cccc3ccccc13)[C@H]1CC=C[C@@H]21. The highest BCUT2D eigenvalue weighted by molar-refractivity contribution is 6.35. The number of nitrogens with one attached hydrogen (secondary N) is 1. The largest absolute Gasteiger partial charge is 0.378 e. The van der Waals surface area contributed by atoms with Crippen molar-refractivity contribution in [1.82, 2.24) is 0 Å². The number of halogens is 2. The smallest absolute Gasteiger partial charge is 0.0560 e. The van der Waals surface area contributed by atoms with E-state index in [1.807, 2.05) is 12.1 Å². The molecule has 1 aliphatic carbocycles. The van der Waals surface area contributed by atoms with Crippen molar-refractivity contribution in [2.24, 2.45) is 5.92 Å². The molecule has 0 unspecified atom stereocenters. The van der Waals surface area contributed by atoms with Crippen molar-refractivity contribution in [2.45, 2.75) is 18.4 Å². The van der Waals surface area contributed by atoms with E-state index < -0.39 is 0 Å². The Morgan fingerprint density at radius 2 is 1.80 bits per heavy atom. The van der Waals surface area contributed by atoms with Crippen LogP contribution >= 0.6 is 23.2 Å². The maximum Gasteiger partial charge on any atom is 0.0560 e. The van der Waals surface area contributed by atoms with Gasteiger partial charge in [-0.2, -0.15) is 0 Å². The van der Waals surface area contributed by atoms with Crippen LogP contribution in [0.2, 0.25) is 10.0 Å². The number of anilines is 1. The molecule has 3 heteroatoms. The van der Waals surface area contributed by atoms with Gasteiger partial charge in [0.2, 0.25) is 0 Å². The highest BCUT2D eigenvalue weighted by Gasteiger charge is 2.39. The molecule has 3 aromatic rings. The maximum atomic E-state index is 6.54. The summed E-state index contributed by atoms with van der Waals surface area (Å²) in [5, 5.41) is 7.77. The Hall–Kier alpha value is -1.96. The average molecular weight is 366 g/mol. The Kier molecular flexibility index (Phi) is 3.55. The standard InChI is InChI=1S/C22H17Cl2N/c23-14-11-19(24)21-16-8-4-10-18(16)22(25-20(21)12-14)17-9-3-6-13-5-1-2-7-15(13)17/h1-9,11-12,16,18,22,25H,10H2/t16-,18+,22-/m1/s1. The fraction of sp³-hybridized carbons (Fsp3) is 0.182. The molecule has 5 rings (SSSR count). The normalized spacial score (nSPS) is 24.0. The molecule has 0 aromatic heterocycles. The summed E-state index contributed by atoms with van der Waals surface area (Å²) >= 11 is 12.8. The van der Waals surface area contributed by atoms with Crippen molar-refractivity contribution < 1.29 is 0 Å². The molecule has 0 spiro atoms. The van der Waals surface area contributed by atoms with Crippen molar-refractivity contribution in [1.29, 1.82) is 0 Å². The Bertz CT molecular complexity index is 1000. The number of hydrogen-bond donors (Lipinski definition) is 1. The van der Waals surface area contributed by atoms with Crippen molar-refractivity contribution in [3.63, 3.8) is 0 Å². The fourth-order valence-corrected chi connectivity index (χ4v) is 5.09. The Morgan fingerprint density at radius 1 is 0.960 bits per heavy atom. The molecule has 1 aliphatic heterocycles. The van der Waals surface area contributed by atoms with Crippen LogP contribution in [0.15, 0.2) is 66.7 Å². The minimum Gasteiger partial charge on any atom is -0.378 e. The van der Waals surface area contributed by atoms with Gasteiger partial charge in [-0.25, -0.2) is 0 Å². The lowest BCUT2D eigenvalue weighted by atomic mass is 9.76. The predicted octanol–water partition coefficient (Wildman–Crippen LogP) is 6.97. The predicted molar refractivity (Wildman–Crippen MR) is 107 cm³/mol. The summed E-state index contributed by atoms with van der Waals surface area (Å²) in [4.78, 5) is 0. The third kappa shape index (κ3) is 2.38. The van der Waals surface area contributed by atoms with Gasteiger partial charge in [-0.15, -0.1) is 0 Å². The number of allylic oxidation sites excluding steroid dienone is 2. The zero-order valence-electron chi connectivity index (χ0n) is 13.5. The third-order valence-electron chi connectivity index (χ3n) is 5.54. The summed E-state index contributed by atoms with van der Waals surface area (Å²) in [5.74, 6) is 0.807. The second-order valence-electron chi connectivity index (χ2n) is 6.89. The average Bonchev–Trinajstić information content (AvgIpc) is 3.09. The van der Waals surface area contributed by atoms with Gasteiger partial charge in [-0.1, -0.05) is 77.8 Å². The van der Waals surface area contributed by atoms with Crippen molar-refractivity contribution in [2.75, 3.05) is 5.32 Å². The Morgan fingerprint density at radius 3 is 2.72 bits per heavy atom. The van der Waals surface area contributed by atoms with E-state index in [9.17, 15) is 0 Å². The quantitative estimate of drug-likeness (QED) is 0.459. The molecule has 3 aromatic carbocycles. The highest BCUT2D eigenvalue weighted by atomic mass is 35.5. The molecular formula is C22H17Cl2N. The second kappa shape index (κ2) is 5.79. The summed E-state index contributed by atoms with van der Waals surface area (Å²) in [6.07, 6.45) is 5.65. The van der Waals surface area contributed by atoms with Crippen LogP contribution < -0.4 is 5.32 Å². The van der Waals surface area contributed by atoms with Crippen LogP contribution in [0.4, 0.5) is 5.69 Å². The van der Waals surface area contributed by atoms with Crippen molar-refractivity contribution in [3.05, 3.63) is 87.9 Å². The third-order valence-corrected chi connectivity index (χ3v) is 6.07. The first-order chi connectivity index (χ1) is 12.2. The van der Waals surface area contributed by atoms with Gasteiger partial charge in [-0.05, 0) is 40.8 Å². The first-order valence-corrected chi connectivity index (χ1v) is 9.38. The lowest BCUT2D eigenvalue weighted by molar-refractivity contribution is 0.427. The van der Waals surface area contributed by atoms with Gasteiger partial charge < -0.3 is 5.32 Å². The van der Waals surface area contributed by atoms with E-state index >= 15 is 0 Å². The topological polar surface area (TPSA) is 12.0 Å². The van der Waals surface area contributed by atoms with E-state index in [0.717, 1.165) is 17.1 Å². The first-order valence-electron chi connectivity index (χ1n) is 8.62. The lowest BCUT2D eigenvalue weighted by Crippen LogP contribution is -2.29. The molecule has 0 bridgehead atoms. The number of fused-ring (bicyclic) bond motifs is 4. The summed E-state index contributed by atoms with van der Waals surface area (Å²) in [6, 6.07) is 19.3. The molecule has 0 fully saturated rings. The van der Waals surface area contributed by atoms with E-state index in [1.165, 1.54) is 21.9 Å². The Labute approximate surface area is 157 Å². The maximum absolute atomic E-state index is 6.54. The molecule has 25 heavy (non-hydrogen) atoms. The lowest BCUT2D eigenvalue weighted by Gasteiger charge is -2.38. The van der Waals surface area contributed by atoms with E-state index in [-0.39, 0.29) is 6.04 Å². The molecule has 1 nitrogen and oxygen atoms in total. The van der Waals surface area contributed by atoms with Crippen LogP contribution in [-0.2, 0) is 0 Å². The van der Waals surface area contributed by atoms with Gasteiger partial charge in [0.15, 0.2) is 0 Å². The van der Waals surface area contributed by atoms with Gasteiger partial charge in [0.1, 0.15) is 0 Å². The molecule has 1 N–H and O–H groups in total. The van der Waals surface area contributed by atoms with Gasteiger partial charge >= 0.3 is 0 Å². The van der Waals surface area contributed by atoms with Crippen molar-refractivity contribution >= 4 is 39.7 Å². The summed E-state index contributed by atoms with van der Waals surface area (Å²) in [6.45, 7) is 0. The summed E-state index contributed by atoms with van der Waals surface area (Å²) < 4.78 is 0. The molecule has 1 heterocycles. The number of benzene rings is 3. The Balaban J connectivity index is 1.70. The monoisotopic (exact) mass is 365 g/mol. The van der Waals surface area contributed by atoms with Gasteiger partial charge in [0.25, 0.3) is 0 Å². The highest BCUT2D eigenvalue weighted by Crippen LogP contribution is 2.53. The van der Waals surface area contributed by atoms with E-state index in [0.29, 0.717) is 16.9 Å². The zero-order valence-corrected chi connectivity index (χ0v) is 15.1. The molecule has 124 valence electrons. The van der Waals surface area contributed by atoms with Crippen LogP contribution in [0, 0.1) is 5.92 Å². The van der Waals surface area contributed by atoms with Gasteiger partial charge in [0, 0.05) is 27.2 Å². The molecule has 0 amide bonds. The zero-order chi connectivity index (χ0) is 17.0. The molecular weight excluding hydrogens is 349 g/mol.